The lowest BCUT2D eigenvalue weighted by atomic mass is 10.2. The van der Waals surface area contributed by atoms with Gasteiger partial charge in [-0.15, -0.1) is 11.3 Å². The van der Waals surface area contributed by atoms with Crippen LogP contribution in [0.4, 0.5) is 5.69 Å². The van der Waals surface area contributed by atoms with E-state index in [0.717, 1.165) is 20.5 Å². The van der Waals surface area contributed by atoms with Crippen LogP contribution in [0.15, 0.2) is 70.8 Å². The van der Waals surface area contributed by atoms with Gasteiger partial charge in [0.05, 0.1) is 19.7 Å². The molecule has 0 unspecified atom stereocenters. The number of hydrogen-bond acceptors (Lipinski definition) is 4. The molecule has 1 atom stereocenters. The third-order valence-electron chi connectivity index (χ3n) is 4.40. The molecular formula is C21H17BrN4O2S. The molecule has 6 nitrogen and oxygen atoms in total. The predicted molar refractivity (Wildman–Crippen MR) is 119 cm³/mol. The van der Waals surface area contributed by atoms with Gasteiger partial charge < -0.3 is 10.6 Å². The molecule has 8 heteroatoms. The SMILES string of the molecule is C[C@H](NC(=O)c1ccc(Br)s1)C(=O)Nc1ccc(-n2cnc3ccccc32)cc1. The standard InChI is InChI=1S/C21H17BrN4O2S/c1-13(24-21(28)18-10-11-19(22)29-18)20(27)25-14-6-8-15(9-7-14)26-12-23-16-4-2-3-5-17(16)26/h2-13H,1H3,(H,24,28)(H,25,27)/t13-/m0/s1. The van der Waals surface area contributed by atoms with Gasteiger partial charge in [0.15, 0.2) is 0 Å². The molecule has 4 rings (SSSR count). The predicted octanol–water partition coefficient (Wildman–Crippen LogP) is 4.61. The highest BCUT2D eigenvalue weighted by Gasteiger charge is 2.18. The zero-order chi connectivity index (χ0) is 20.4. The van der Waals surface area contributed by atoms with Crippen molar-refractivity contribution in [2.45, 2.75) is 13.0 Å². The lowest BCUT2D eigenvalue weighted by Gasteiger charge is -2.14. The highest BCUT2D eigenvalue weighted by atomic mass is 79.9. The minimum atomic E-state index is -0.666. The smallest absolute Gasteiger partial charge is 0.262 e. The molecule has 0 aliphatic rings. The van der Waals surface area contributed by atoms with Gasteiger partial charge in [0, 0.05) is 11.4 Å². The number of imidazole rings is 1. The molecule has 0 spiro atoms. The minimum absolute atomic E-state index is 0.273. The van der Waals surface area contributed by atoms with E-state index in [1.807, 2.05) is 53.1 Å². The Morgan fingerprint density at radius 3 is 2.55 bits per heavy atom. The highest BCUT2D eigenvalue weighted by molar-refractivity contribution is 9.11. The van der Waals surface area contributed by atoms with E-state index in [9.17, 15) is 9.59 Å². The van der Waals surface area contributed by atoms with Crippen molar-refractivity contribution < 1.29 is 9.59 Å². The van der Waals surface area contributed by atoms with Crippen LogP contribution in [0.1, 0.15) is 16.6 Å². The number of benzene rings is 2. The second kappa shape index (κ2) is 8.18. The summed E-state index contributed by atoms with van der Waals surface area (Å²) in [5.74, 6) is -0.555. The van der Waals surface area contributed by atoms with Crippen LogP contribution in [-0.2, 0) is 4.79 Å². The van der Waals surface area contributed by atoms with E-state index in [4.69, 9.17) is 0 Å². The monoisotopic (exact) mass is 468 g/mol. The molecule has 0 radical (unpaired) electrons. The zero-order valence-corrected chi connectivity index (χ0v) is 17.8. The van der Waals surface area contributed by atoms with Gasteiger partial charge in [-0.1, -0.05) is 12.1 Å². The Morgan fingerprint density at radius 1 is 1.07 bits per heavy atom. The largest absolute Gasteiger partial charge is 0.340 e. The maximum Gasteiger partial charge on any atom is 0.262 e. The molecule has 0 saturated carbocycles. The first-order chi connectivity index (χ1) is 14.0. The van der Waals surface area contributed by atoms with Crippen LogP contribution in [-0.4, -0.2) is 27.4 Å². The Hall–Kier alpha value is -2.97. The molecule has 2 heterocycles. The first-order valence-electron chi connectivity index (χ1n) is 8.91. The van der Waals surface area contributed by atoms with Crippen molar-refractivity contribution in [2.24, 2.45) is 0 Å². The number of rotatable bonds is 5. The van der Waals surface area contributed by atoms with E-state index in [-0.39, 0.29) is 11.8 Å². The number of nitrogens with zero attached hydrogens (tertiary/aromatic N) is 2. The highest BCUT2D eigenvalue weighted by Crippen LogP contribution is 2.22. The molecule has 0 aliphatic carbocycles. The Labute approximate surface area is 179 Å². The second-order valence-electron chi connectivity index (χ2n) is 6.44. The van der Waals surface area contributed by atoms with Crippen molar-refractivity contribution in [3.63, 3.8) is 0 Å². The molecule has 2 aromatic heterocycles. The summed E-state index contributed by atoms with van der Waals surface area (Å²) in [6.45, 7) is 1.65. The number of para-hydroxylation sites is 2. The topological polar surface area (TPSA) is 76.0 Å². The summed E-state index contributed by atoms with van der Waals surface area (Å²) in [6.07, 6.45) is 1.78. The molecule has 2 amide bonds. The van der Waals surface area contributed by atoms with Crippen molar-refractivity contribution in [1.82, 2.24) is 14.9 Å². The lowest BCUT2D eigenvalue weighted by molar-refractivity contribution is -0.117. The van der Waals surface area contributed by atoms with Gasteiger partial charge >= 0.3 is 0 Å². The Balaban J connectivity index is 1.41. The summed E-state index contributed by atoms with van der Waals surface area (Å²) in [4.78, 5) is 29.6. The van der Waals surface area contributed by atoms with Gasteiger partial charge in [0.25, 0.3) is 5.91 Å². The summed E-state index contributed by atoms with van der Waals surface area (Å²) in [6, 6.07) is 18.2. The van der Waals surface area contributed by atoms with Gasteiger partial charge in [-0.25, -0.2) is 4.98 Å². The van der Waals surface area contributed by atoms with Crippen molar-refractivity contribution >= 4 is 55.8 Å². The zero-order valence-electron chi connectivity index (χ0n) is 15.4. The fourth-order valence-electron chi connectivity index (χ4n) is 2.89. The van der Waals surface area contributed by atoms with E-state index in [1.165, 1.54) is 11.3 Å². The van der Waals surface area contributed by atoms with Gasteiger partial charge in [-0.2, -0.15) is 0 Å². The molecule has 0 bridgehead atoms. The Kier molecular flexibility index (Phi) is 5.46. The molecule has 2 N–H and O–H groups in total. The summed E-state index contributed by atoms with van der Waals surface area (Å²) in [5.41, 5.74) is 3.54. The Bertz CT molecular complexity index is 1180. The van der Waals surface area contributed by atoms with Crippen LogP contribution in [0.5, 0.6) is 0 Å². The summed E-state index contributed by atoms with van der Waals surface area (Å²) in [5, 5.41) is 5.54. The van der Waals surface area contributed by atoms with E-state index >= 15 is 0 Å². The minimum Gasteiger partial charge on any atom is -0.340 e. The molecule has 0 fully saturated rings. The number of amides is 2. The number of carbonyl (C=O) groups excluding carboxylic acids is 2. The average molecular weight is 469 g/mol. The first-order valence-corrected chi connectivity index (χ1v) is 10.5. The molecule has 0 saturated heterocycles. The fourth-order valence-corrected chi connectivity index (χ4v) is 4.18. The van der Waals surface area contributed by atoms with Gasteiger partial charge in [0.2, 0.25) is 5.91 Å². The number of thiophene rings is 1. The molecule has 146 valence electrons. The number of hydrogen-bond donors (Lipinski definition) is 2. The molecule has 0 aliphatic heterocycles. The van der Waals surface area contributed by atoms with E-state index in [1.54, 1.807) is 25.4 Å². The van der Waals surface area contributed by atoms with Gasteiger partial charge in [0.1, 0.15) is 12.4 Å². The van der Waals surface area contributed by atoms with E-state index < -0.39 is 6.04 Å². The average Bonchev–Trinajstić information content (AvgIpc) is 3.35. The summed E-state index contributed by atoms with van der Waals surface area (Å²) < 4.78 is 2.86. The van der Waals surface area contributed by atoms with Gasteiger partial charge in [-0.05, 0) is 71.4 Å². The van der Waals surface area contributed by atoms with Crippen LogP contribution in [0.25, 0.3) is 16.7 Å². The van der Waals surface area contributed by atoms with Gasteiger partial charge in [-0.3, -0.25) is 14.2 Å². The van der Waals surface area contributed by atoms with Crippen LogP contribution in [0.2, 0.25) is 0 Å². The number of aromatic nitrogens is 2. The number of anilines is 1. The third-order valence-corrected chi connectivity index (χ3v) is 6.03. The number of fused-ring (bicyclic) bond motifs is 1. The number of carbonyl (C=O) groups is 2. The molecular weight excluding hydrogens is 452 g/mol. The normalized spacial score (nSPS) is 11.9. The number of nitrogens with one attached hydrogen (secondary N) is 2. The molecule has 29 heavy (non-hydrogen) atoms. The van der Waals surface area contributed by atoms with Crippen LogP contribution in [0, 0.1) is 0 Å². The van der Waals surface area contributed by atoms with Crippen LogP contribution < -0.4 is 10.6 Å². The lowest BCUT2D eigenvalue weighted by Crippen LogP contribution is -2.41. The van der Waals surface area contributed by atoms with Crippen molar-refractivity contribution in [3.8, 4) is 5.69 Å². The second-order valence-corrected chi connectivity index (χ2v) is 8.90. The van der Waals surface area contributed by atoms with E-state index in [0.29, 0.717) is 10.6 Å². The first kappa shape index (κ1) is 19.4. The third kappa shape index (κ3) is 4.23. The maximum absolute atomic E-state index is 12.4. The van der Waals surface area contributed by atoms with E-state index in [2.05, 4.69) is 31.5 Å². The van der Waals surface area contributed by atoms with Crippen molar-refractivity contribution in [3.05, 3.63) is 75.7 Å². The molecule has 2 aromatic carbocycles. The van der Waals surface area contributed by atoms with Crippen LogP contribution in [0.3, 0.4) is 0 Å². The Morgan fingerprint density at radius 2 is 1.83 bits per heavy atom. The maximum atomic E-state index is 12.4. The quantitative estimate of drug-likeness (QED) is 0.449. The summed E-state index contributed by atoms with van der Waals surface area (Å²) >= 11 is 4.65. The van der Waals surface area contributed by atoms with Crippen molar-refractivity contribution in [2.75, 3.05) is 5.32 Å². The van der Waals surface area contributed by atoms with Crippen molar-refractivity contribution in [1.29, 1.82) is 0 Å². The number of halogens is 1. The fraction of sp³-hybridized carbons (Fsp3) is 0.0952. The van der Waals surface area contributed by atoms with Crippen LogP contribution >= 0.6 is 27.3 Å². The molecule has 4 aromatic rings. The summed E-state index contributed by atoms with van der Waals surface area (Å²) in [7, 11) is 0.